The van der Waals surface area contributed by atoms with E-state index in [1.165, 1.54) is 43.8 Å². The van der Waals surface area contributed by atoms with Crippen LogP contribution in [0.4, 0.5) is 0 Å². The highest BCUT2D eigenvalue weighted by molar-refractivity contribution is 14.1. The third-order valence-corrected chi connectivity index (χ3v) is 9.19. The van der Waals surface area contributed by atoms with E-state index in [0.29, 0.717) is 0 Å². The number of allylic oxidation sites excluding steroid dienone is 8. The molecule has 1 aliphatic rings. The minimum Gasteiger partial charge on any atom is -0.496 e. The summed E-state index contributed by atoms with van der Waals surface area (Å²) in [7, 11) is 2.82. The highest BCUT2D eigenvalue weighted by Crippen LogP contribution is 2.62. The van der Waals surface area contributed by atoms with Crippen LogP contribution in [0.5, 0.6) is 5.75 Å². The summed E-state index contributed by atoms with van der Waals surface area (Å²) in [5, 5.41) is 4.10. The van der Waals surface area contributed by atoms with Gasteiger partial charge >= 0.3 is 0 Å². The van der Waals surface area contributed by atoms with Crippen molar-refractivity contribution in [2.24, 2.45) is 0 Å². The van der Waals surface area contributed by atoms with Gasteiger partial charge < -0.3 is 9.47 Å². The average molecular weight is 581 g/mol. The van der Waals surface area contributed by atoms with Crippen LogP contribution in [0.3, 0.4) is 0 Å². The lowest BCUT2D eigenvalue weighted by Gasteiger charge is -2.34. The van der Waals surface area contributed by atoms with Gasteiger partial charge in [0.1, 0.15) is 11.5 Å². The smallest absolute Gasteiger partial charge is 0.130 e. The molecule has 0 radical (unpaired) electrons. The molecule has 1 atom stereocenters. The second-order valence-electron chi connectivity index (χ2n) is 7.90. The van der Waals surface area contributed by atoms with E-state index >= 15 is 0 Å². The van der Waals surface area contributed by atoms with Gasteiger partial charge in [0.15, 0.2) is 0 Å². The van der Waals surface area contributed by atoms with Crippen LogP contribution in [0, 0.1) is 13.8 Å². The van der Waals surface area contributed by atoms with Crippen LogP contribution >= 0.6 is 30.5 Å². The third-order valence-electron chi connectivity index (χ3n) is 5.58. The standard InChI is InChI=1S/C27H36IO2P.C2H6/c1-9-11-19(4)26(29-7)24-14-13-22(21(6)17-28)23(12-10-2)31(24)25-16-18(3)15-20(5)27(25)30-8;1-2/h10-12,15-17H,9,13-14H2,1-8H3;1-2H3/b12-10+,19-11-,21-17-,26-24-;. The van der Waals surface area contributed by atoms with Crippen molar-refractivity contribution in [2.75, 3.05) is 14.2 Å². The van der Waals surface area contributed by atoms with Crippen molar-refractivity contribution in [1.82, 2.24) is 0 Å². The fourth-order valence-electron chi connectivity index (χ4n) is 4.32. The van der Waals surface area contributed by atoms with Gasteiger partial charge in [0, 0.05) is 10.6 Å². The molecule has 2 nitrogen and oxygen atoms in total. The first-order valence-electron chi connectivity index (χ1n) is 11.9. The molecule has 1 aromatic rings. The molecule has 1 heterocycles. The Morgan fingerprint density at radius 1 is 1.12 bits per heavy atom. The number of hydrogen-bond donors (Lipinski definition) is 0. The van der Waals surface area contributed by atoms with E-state index in [9.17, 15) is 0 Å². The maximum atomic E-state index is 6.06. The summed E-state index contributed by atoms with van der Waals surface area (Å²) in [5.74, 6) is 2.05. The van der Waals surface area contributed by atoms with Crippen LogP contribution in [-0.4, -0.2) is 14.2 Å². The zero-order chi connectivity index (χ0) is 25.1. The fraction of sp³-hybridized carbons (Fsp3) is 0.448. The minimum absolute atomic E-state index is 0.787. The zero-order valence-electron chi connectivity index (χ0n) is 22.2. The third kappa shape index (κ3) is 7.09. The molecule has 1 aromatic carbocycles. The Morgan fingerprint density at radius 2 is 1.79 bits per heavy atom. The molecule has 1 aliphatic heterocycles. The van der Waals surface area contributed by atoms with Crippen LogP contribution in [-0.2, 0) is 4.74 Å². The van der Waals surface area contributed by atoms with Gasteiger partial charge in [-0.15, -0.1) is 0 Å². The van der Waals surface area contributed by atoms with Crippen molar-refractivity contribution < 1.29 is 9.47 Å². The molecule has 182 valence electrons. The molecule has 0 fully saturated rings. The maximum absolute atomic E-state index is 6.06. The molecule has 0 saturated carbocycles. The Morgan fingerprint density at radius 3 is 2.30 bits per heavy atom. The number of ether oxygens (including phenoxy) is 2. The molecule has 0 aliphatic carbocycles. The van der Waals surface area contributed by atoms with Gasteiger partial charge in [-0.2, -0.15) is 0 Å². The van der Waals surface area contributed by atoms with E-state index in [-0.39, 0.29) is 0 Å². The van der Waals surface area contributed by atoms with Crippen molar-refractivity contribution in [3.8, 4) is 5.75 Å². The Bertz CT molecular complexity index is 964. The van der Waals surface area contributed by atoms with Crippen molar-refractivity contribution in [2.45, 2.75) is 74.7 Å². The normalized spacial score (nSPS) is 18.8. The first kappa shape index (κ1) is 29.7. The molecular formula is C29H42IO2P. The van der Waals surface area contributed by atoms with Crippen molar-refractivity contribution in [1.29, 1.82) is 0 Å². The zero-order valence-corrected chi connectivity index (χ0v) is 25.3. The van der Waals surface area contributed by atoms with Gasteiger partial charge in [-0.25, -0.2) is 0 Å². The Hall–Kier alpha value is -1.32. The number of benzene rings is 1. The molecule has 0 saturated heterocycles. The SMILES string of the molecule is C/C=C/C1=C(C(/C)=C\I)CC/C(=C(OC)\C(C)=C/CC)P1c1cc(C)cc(C)c1OC.CC. The molecule has 0 aromatic heterocycles. The van der Waals surface area contributed by atoms with Crippen molar-refractivity contribution >= 4 is 35.8 Å². The molecular weight excluding hydrogens is 538 g/mol. The molecule has 1 unspecified atom stereocenters. The van der Waals surface area contributed by atoms with Crippen LogP contribution in [0.25, 0.3) is 0 Å². The van der Waals surface area contributed by atoms with Gasteiger partial charge in [0.2, 0.25) is 0 Å². The van der Waals surface area contributed by atoms with Crippen LogP contribution in [0.2, 0.25) is 0 Å². The summed E-state index contributed by atoms with van der Waals surface area (Å²) >= 11 is 2.36. The largest absolute Gasteiger partial charge is 0.496 e. The van der Waals surface area contributed by atoms with Gasteiger partial charge in [-0.3, -0.25) is 0 Å². The molecule has 4 heteroatoms. The summed E-state index contributed by atoms with van der Waals surface area (Å²) in [5.41, 5.74) is 6.48. The number of hydrogen-bond acceptors (Lipinski definition) is 2. The average Bonchev–Trinajstić information content (AvgIpc) is 2.80. The van der Waals surface area contributed by atoms with Gasteiger partial charge in [-0.1, -0.05) is 67.7 Å². The predicted octanol–water partition coefficient (Wildman–Crippen LogP) is 9.62. The number of methoxy groups -OCH3 is 2. The first-order chi connectivity index (χ1) is 15.8. The Kier molecular flexibility index (Phi) is 13.4. The number of halogens is 1. The quantitative estimate of drug-likeness (QED) is 0.182. The molecule has 0 N–H and O–H groups in total. The lowest BCUT2D eigenvalue weighted by atomic mass is 10.0. The molecule has 33 heavy (non-hydrogen) atoms. The van der Waals surface area contributed by atoms with Gasteiger partial charge in [-0.05, 0) is 105 Å². The summed E-state index contributed by atoms with van der Waals surface area (Å²) in [4.78, 5) is 0. The molecule has 0 amide bonds. The van der Waals surface area contributed by atoms with Crippen molar-refractivity contribution in [3.05, 3.63) is 78.7 Å². The molecule has 0 spiro atoms. The maximum Gasteiger partial charge on any atom is 0.130 e. The van der Waals surface area contributed by atoms with Crippen LogP contribution in [0.1, 0.15) is 71.9 Å². The summed E-state index contributed by atoms with van der Waals surface area (Å²) < 4.78 is 14.2. The van der Waals surface area contributed by atoms with Crippen LogP contribution < -0.4 is 10.0 Å². The molecule has 2 rings (SSSR count). The Balaban J connectivity index is 0.00000265. The van der Waals surface area contributed by atoms with E-state index in [2.05, 4.69) is 98.6 Å². The second kappa shape index (κ2) is 14.8. The summed E-state index contributed by atoms with van der Waals surface area (Å²) in [6.45, 7) is 17.0. The van der Waals surface area contributed by atoms with E-state index in [4.69, 9.17) is 9.47 Å². The topological polar surface area (TPSA) is 18.5 Å². The van der Waals surface area contributed by atoms with E-state index in [1.54, 1.807) is 7.11 Å². The van der Waals surface area contributed by atoms with Gasteiger partial charge in [0.25, 0.3) is 0 Å². The fourth-order valence-corrected chi connectivity index (χ4v) is 8.00. The lowest BCUT2D eigenvalue weighted by Crippen LogP contribution is -2.16. The summed E-state index contributed by atoms with van der Waals surface area (Å²) in [6, 6.07) is 4.53. The molecule has 0 bridgehead atoms. The Labute approximate surface area is 217 Å². The van der Waals surface area contributed by atoms with E-state index in [0.717, 1.165) is 30.8 Å². The highest BCUT2D eigenvalue weighted by atomic mass is 127. The van der Waals surface area contributed by atoms with E-state index in [1.807, 2.05) is 21.0 Å². The van der Waals surface area contributed by atoms with Crippen LogP contribution in [0.15, 0.2) is 67.6 Å². The first-order valence-corrected chi connectivity index (χ1v) is 14.5. The minimum atomic E-state index is -0.787. The van der Waals surface area contributed by atoms with E-state index < -0.39 is 7.92 Å². The highest BCUT2D eigenvalue weighted by Gasteiger charge is 2.33. The number of aryl methyl sites for hydroxylation is 2. The lowest BCUT2D eigenvalue weighted by molar-refractivity contribution is 0.297. The second-order valence-corrected chi connectivity index (χ2v) is 10.7. The summed E-state index contributed by atoms with van der Waals surface area (Å²) in [6.07, 6.45) is 9.77. The van der Waals surface area contributed by atoms with Crippen molar-refractivity contribution in [3.63, 3.8) is 0 Å². The predicted molar refractivity (Wildman–Crippen MR) is 157 cm³/mol. The van der Waals surface area contributed by atoms with Gasteiger partial charge in [0.05, 0.1) is 14.2 Å². The number of rotatable bonds is 7. The monoisotopic (exact) mass is 580 g/mol.